The summed E-state index contributed by atoms with van der Waals surface area (Å²) >= 11 is 0. The Bertz CT molecular complexity index is 542. The predicted octanol–water partition coefficient (Wildman–Crippen LogP) is 3.34. The summed E-state index contributed by atoms with van der Waals surface area (Å²) < 4.78 is 35.0. The van der Waals surface area contributed by atoms with Crippen LogP contribution in [0.5, 0.6) is 5.75 Å². The van der Waals surface area contributed by atoms with Gasteiger partial charge in [-0.05, 0) is 24.8 Å². The van der Waals surface area contributed by atoms with Crippen LogP contribution in [-0.2, 0) is 11.3 Å². The van der Waals surface area contributed by atoms with Crippen molar-refractivity contribution in [2.45, 2.75) is 26.0 Å². The van der Waals surface area contributed by atoms with E-state index in [9.17, 15) is 8.78 Å². The van der Waals surface area contributed by atoms with Crippen LogP contribution in [0.25, 0.3) is 0 Å². The van der Waals surface area contributed by atoms with Gasteiger partial charge in [0.25, 0.3) is 0 Å². The zero-order chi connectivity index (χ0) is 17.4. The number of para-hydroxylation sites is 1. The number of likely N-dealkylation sites (N-methyl/N-ethyl adjacent to an activating group) is 1. The number of alkyl halides is 2. The molecule has 2 rings (SSSR count). The fraction of sp³-hybridized carbons (Fsp3) is 0.588. The van der Waals surface area contributed by atoms with Gasteiger partial charge in [-0.2, -0.15) is 8.78 Å². The van der Waals surface area contributed by atoms with Crippen molar-refractivity contribution in [3.8, 4) is 5.75 Å². The lowest BCUT2D eigenvalue weighted by atomic mass is 10.2. The van der Waals surface area contributed by atoms with Crippen LogP contribution in [0.3, 0.4) is 0 Å². The first kappa shape index (κ1) is 21.9. The quantitative estimate of drug-likeness (QED) is 0.261. The first-order valence-electron chi connectivity index (χ1n) is 8.12. The number of guanidine groups is 1. The summed E-state index contributed by atoms with van der Waals surface area (Å²) in [6, 6.07) is 6.73. The molecule has 1 aromatic carbocycles. The second-order valence-electron chi connectivity index (χ2n) is 5.83. The molecule has 1 aliphatic rings. The Labute approximate surface area is 164 Å². The molecule has 1 saturated carbocycles. The Hall–Kier alpha value is -1.16. The Morgan fingerprint density at radius 3 is 2.72 bits per heavy atom. The molecule has 25 heavy (non-hydrogen) atoms. The van der Waals surface area contributed by atoms with Crippen molar-refractivity contribution in [3.05, 3.63) is 29.8 Å². The summed E-state index contributed by atoms with van der Waals surface area (Å²) in [5.74, 6) is 1.60. The van der Waals surface area contributed by atoms with Crippen LogP contribution in [0.2, 0.25) is 0 Å². The molecule has 1 N–H and O–H groups in total. The molecule has 142 valence electrons. The number of nitrogens with zero attached hydrogens (tertiary/aromatic N) is 2. The average molecular weight is 469 g/mol. The van der Waals surface area contributed by atoms with Gasteiger partial charge < -0.3 is 19.7 Å². The SMILES string of the molecule is CN=C(NCc1ccccc1OC(F)F)N(C)CCOCC1CC1.I. The van der Waals surface area contributed by atoms with E-state index in [1.54, 1.807) is 25.2 Å². The molecule has 8 heteroatoms. The van der Waals surface area contributed by atoms with Gasteiger partial charge in [-0.1, -0.05) is 18.2 Å². The number of rotatable bonds is 9. The number of hydrogen-bond acceptors (Lipinski definition) is 3. The minimum Gasteiger partial charge on any atom is -0.434 e. The van der Waals surface area contributed by atoms with Crippen molar-refractivity contribution >= 4 is 29.9 Å². The maximum atomic E-state index is 12.4. The van der Waals surface area contributed by atoms with Gasteiger partial charge in [-0.15, -0.1) is 24.0 Å². The van der Waals surface area contributed by atoms with Crippen LogP contribution in [0, 0.1) is 5.92 Å². The van der Waals surface area contributed by atoms with Gasteiger partial charge >= 0.3 is 6.61 Å². The molecule has 1 aliphatic carbocycles. The van der Waals surface area contributed by atoms with E-state index in [2.05, 4.69) is 15.0 Å². The lowest BCUT2D eigenvalue weighted by molar-refractivity contribution is -0.0504. The van der Waals surface area contributed by atoms with E-state index in [1.807, 2.05) is 11.9 Å². The standard InChI is InChI=1S/C17H25F2N3O2.HI/c1-20-17(22(2)9-10-23-12-13-7-8-13)21-11-14-5-3-4-6-15(14)24-16(18)19;/h3-6,13,16H,7-12H2,1-2H3,(H,20,21);1H. The minimum absolute atomic E-state index is 0. The van der Waals surface area contributed by atoms with Gasteiger partial charge in [0.05, 0.1) is 6.61 Å². The van der Waals surface area contributed by atoms with Gasteiger partial charge in [0.2, 0.25) is 0 Å². The lowest BCUT2D eigenvalue weighted by Gasteiger charge is -2.22. The molecule has 0 radical (unpaired) electrons. The van der Waals surface area contributed by atoms with Crippen molar-refractivity contribution in [1.29, 1.82) is 0 Å². The van der Waals surface area contributed by atoms with Crippen molar-refractivity contribution in [1.82, 2.24) is 10.2 Å². The Balaban J connectivity index is 0.00000312. The molecule has 0 atom stereocenters. The molecular weight excluding hydrogens is 443 g/mol. The fourth-order valence-corrected chi connectivity index (χ4v) is 2.26. The van der Waals surface area contributed by atoms with E-state index < -0.39 is 6.61 Å². The van der Waals surface area contributed by atoms with Crippen LogP contribution in [0.15, 0.2) is 29.3 Å². The largest absolute Gasteiger partial charge is 0.434 e. The summed E-state index contributed by atoms with van der Waals surface area (Å²) in [6.45, 7) is -0.307. The van der Waals surface area contributed by atoms with Crippen LogP contribution in [-0.4, -0.2) is 51.3 Å². The summed E-state index contributed by atoms with van der Waals surface area (Å²) in [6.07, 6.45) is 2.55. The van der Waals surface area contributed by atoms with Gasteiger partial charge in [-0.25, -0.2) is 0 Å². The number of benzene rings is 1. The number of nitrogens with one attached hydrogen (secondary N) is 1. The highest BCUT2D eigenvalue weighted by Gasteiger charge is 2.21. The van der Waals surface area contributed by atoms with Gasteiger partial charge in [0, 0.05) is 39.4 Å². The molecule has 1 aromatic rings. The molecule has 0 bridgehead atoms. The second-order valence-corrected chi connectivity index (χ2v) is 5.83. The monoisotopic (exact) mass is 469 g/mol. The fourth-order valence-electron chi connectivity index (χ4n) is 2.26. The highest BCUT2D eigenvalue weighted by Crippen LogP contribution is 2.28. The van der Waals surface area contributed by atoms with Crippen molar-refractivity contribution < 1.29 is 18.3 Å². The number of ether oxygens (including phenoxy) is 2. The first-order valence-corrected chi connectivity index (χ1v) is 8.12. The van der Waals surface area contributed by atoms with E-state index >= 15 is 0 Å². The van der Waals surface area contributed by atoms with Crippen molar-refractivity contribution in [2.24, 2.45) is 10.9 Å². The number of halogens is 3. The highest BCUT2D eigenvalue weighted by atomic mass is 127. The van der Waals surface area contributed by atoms with Crippen LogP contribution in [0.1, 0.15) is 18.4 Å². The molecule has 0 saturated heterocycles. The molecular formula is C17H26F2IN3O2. The van der Waals surface area contributed by atoms with Crippen molar-refractivity contribution in [3.63, 3.8) is 0 Å². The first-order chi connectivity index (χ1) is 11.6. The number of hydrogen-bond donors (Lipinski definition) is 1. The minimum atomic E-state index is -2.84. The van der Waals surface area contributed by atoms with Crippen LogP contribution in [0.4, 0.5) is 8.78 Å². The maximum absolute atomic E-state index is 12.4. The molecule has 0 aliphatic heterocycles. The molecule has 0 unspecified atom stereocenters. The predicted molar refractivity (Wildman–Crippen MR) is 105 cm³/mol. The molecule has 0 aromatic heterocycles. The third kappa shape index (κ3) is 8.17. The van der Waals surface area contributed by atoms with E-state index in [-0.39, 0.29) is 29.7 Å². The smallest absolute Gasteiger partial charge is 0.387 e. The summed E-state index contributed by atoms with van der Waals surface area (Å²) in [7, 11) is 3.60. The van der Waals surface area contributed by atoms with E-state index in [4.69, 9.17) is 4.74 Å². The average Bonchev–Trinajstić information content (AvgIpc) is 3.37. The Morgan fingerprint density at radius 1 is 1.36 bits per heavy atom. The normalized spacial score (nSPS) is 14.2. The third-order valence-electron chi connectivity index (χ3n) is 3.82. The summed E-state index contributed by atoms with van der Waals surface area (Å²) in [5, 5.41) is 3.16. The third-order valence-corrected chi connectivity index (χ3v) is 3.82. The Morgan fingerprint density at radius 2 is 2.08 bits per heavy atom. The summed E-state index contributed by atoms with van der Waals surface area (Å²) in [4.78, 5) is 6.15. The van der Waals surface area contributed by atoms with E-state index in [0.717, 1.165) is 12.5 Å². The van der Waals surface area contributed by atoms with E-state index in [0.29, 0.717) is 31.2 Å². The van der Waals surface area contributed by atoms with Crippen LogP contribution < -0.4 is 10.1 Å². The molecule has 0 spiro atoms. The van der Waals surface area contributed by atoms with Gasteiger partial charge in [-0.3, -0.25) is 4.99 Å². The topological polar surface area (TPSA) is 46.1 Å². The molecule has 5 nitrogen and oxygen atoms in total. The molecule has 0 heterocycles. The van der Waals surface area contributed by atoms with Gasteiger partial charge in [0.1, 0.15) is 5.75 Å². The maximum Gasteiger partial charge on any atom is 0.387 e. The lowest BCUT2D eigenvalue weighted by Crippen LogP contribution is -2.40. The number of aliphatic imine (C=N–C) groups is 1. The molecule has 0 amide bonds. The van der Waals surface area contributed by atoms with E-state index in [1.165, 1.54) is 18.9 Å². The zero-order valence-corrected chi connectivity index (χ0v) is 16.9. The summed E-state index contributed by atoms with van der Waals surface area (Å²) in [5.41, 5.74) is 0.650. The highest BCUT2D eigenvalue weighted by molar-refractivity contribution is 14.0. The second kappa shape index (κ2) is 11.5. The van der Waals surface area contributed by atoms with Crippen LogP contribution >= 0.6 is 24.0 Å². The zero-order valence-electron chi connectivity index (χ0n) is 14.6. The van der Waals surface area contributed by atoms with Gasteiger partial charge in [0.15, 0.2) is 5.96 Å². The van der Waals surface area contributed by atoms with Crippen molar-refractivity contribution in [2.75, 3.05) is 33.9 Å². The molecule has 1 fully saturated rings. The Kier molecular flexibility index (Phi) is 10.0.